The summed E-state index contributed by atoms with van der Waals surface area (Å²) in [7, 11) is -5.75. The number of ether oxygens (including phenoxy) is 1. The summed E-state index contributed by atoms with van der Waals surface area (Å²) >= 11 is 0. The lowest BCUT2D eigenvalue weighted by Gasteiger charge is -2.42. The average Bonchev–Trinajstić information content (AvgIpc) is 3.06. The first-order valence-electron chi connectivity index (χ1n) is 7.01. The molecule has 1 aromatic carbocycles. The fourth-order valence-corrected chi connectivity index (χ4v) is 6.11. The number of allylic oxidation sites excluding steroid dienone is 2. The van der Waals surface area contributed by atoms with Gasteiger partial charge >= 0.3 is 11.5 Å². The highest BCUT2D eigenvalue weighted by Crippen LogP contribution is 2.64. The van der Waals surface area contributed by atoms with E-state index in [-0.39, 0.29) is 12.2 Å². The quantitative estimate of drug-likeness (QED) is 0.446. The van der Waals surface area contributed by atoms with Crippen LogP contribution >= 0.6 is 0 Å². The van der Waals surface area contributed by atoms with Crippen LogP contribution in [0.15, 0.2) is 36.4 Å². The Morgan fingerprint density at radius 1 is 1.17 bits per heavy atom. The zero-order chi connectivity index (χ0) is 16.6. The van der Waals surface area contributed by atoms with E-state index in [0.717, 1.165) is 0 Å². The Labute approximate surface area is 129 Å². The standard InChI is InChI=1S/C15H11F3O4S/c16-15(17,18)23(20,21)14-9-6-5-8(7-9)12(14)10-3-1-2-4-11(10)22-13(14)19/h1-6,8-9,12H,7H2/t8-,9+,12+,14-/m1/s1. The minimum Gasteiger partial charge on any atom is -0.425 e. The average molecular weight is 344 g/mol. The summed E-state index contributed by atoms with van der Waals surface area (Å²) in [6.07, 6.45) is 3.30. The van der Waals surface area contributed by atoms with E-state index in [1.165, 1.54) is 18.2 Å². The van der Waals surface area contributed by atoms with Crippen molar-refractivity contribution >= 4 is 15.8 Å². The molecule has 0 saturated heterocycles. The third-order valence-corrected chi connectivity index (χ3v) is 7.30. The Kier molecular flexibility index (Phi) is 2.67. The van der Waals surface area contributed by atoms with Gasteiger partial charge in [-0.3, -0.25) is 0 Å². The molecule has 0 radical (unpaired) electrons. The molecule has 1 heterocycles. The molecular weight excluding hydrogens is 333 g/mol. The number of benzene rings is 1. The van der Waals surface area contributed by atoms with Crippen LogP contribution in [0.1, 0.15) is 17.9 Å². The van der Waals surface area contributed by atoms with Crippen LogP contribution in [0.25, 0.3) is 0 Å². The van der Waals surface area contributed by atoms with E-state index in [9.17, 15) is 26.4 Å². The molecule has 4 nitrogen and oxygen atoms in total. The molecule has 1 aliphatic heterocycles. The molecule has 0 unspecified atom stereocenters. The van der Waals surface area contributed by atoms with Crippen LogP contribution in [-0.2, 0) is 14.6 Å². The number of halogens is 3. The van der Waals surface area contributed by atoms with Crippen LogP contribution in [0, 0.1) is 11.8 Å². The monoisotopic (exact) mass is 344 g/mol. The van der Waals surface area contributed by atoms with Gasteiger partial charge in [-0.05, 0) is 18.4 Å². The van der Waals surface area contributed by atoms with Crippen LogP contribution in [-0.4, -0.2) is 24.6 Å². The molecule has 2 aliphatic carbocycles. The molecule has 1 saturated carbocycles. The fourth-order valence-electron chi connectivity index (χ4n) is 4.26. The number of hydrogen-bond acceptors (Lipinski definition) is 4. The summed E-state index contributed by atoms with van der Waals surface area (Å²) in [6.45, 7) is 0. The molecule has 23 heavy (non-hydrogen) atoms. The maximum Gasteiger partial charge on any atom is 0.498 e. The minimum absolute atomic E-state index is 0.136. The second-order valence-electron chi connectivity index (χ2n) is 6.04. The summed E-state index contributed by atoms with van der Waals surface area (Å²) < 4.78 is 67.1. The van der Waals surface area contributed by atoms with Crippen LogP contribution < -0.4 is 4.74 Å². The largest absolute Gasteiger partial charge is 0.498 e. The van der Waals surface area contributed by atoms with E-state index in [0.29, 0.717) is 5.56 Å². The summed E-state index contributed by atoms with van der Waals surface area (Å²) in [4.78, 5) is 12.5. The molecule has 122 valence electrons. The highest BCUT2D eigenvalue weighted by atomic mass is 32.2. The number of alkyl halides is 3. The van der Waals surface area contributed by atoms with E-state index in [1.54, 1.807) is 18.2 Å². The second-order valence-corrected chi connectivity index (χ2v) is 8.18. The minimum atomic E-state index is -5.75. The topological polar surface area (TPSA) is 60.4 Å². The van der Waals surface area contributed by atoms with Crippen molar-refractivity contribution in [3.05, 3.63) is 42.0 Å². The predicted octanol–water partition coefficient (Wildman–Crippen LogP) is 2.57. The maximum atomic E-state index is 13.3. The van der Waals surface area contributed by atoms with Crippen molar-refractivity contribution in [3.63, 3.8) is 0 Å². The summed E-state index contributed by atoms with van der Waals surface area (Å²) in [5, 5.41) is 0. The van der Waals surface area contributed by atoms with Gasteiger partial charge in [-0.25, -0.2) is 13.2 Å². The highest BCUT2D eigenvalue weighted by molar-refractivity contribution is 7.94. The number of hydrogen-bond donors (Lipinski definition) is 0. The zero-order valence-electron chi connectivity index (χ0n) is 11.6. The van der Waals surface area contributed by atoms with Crippen LogP contribution in [0.3, 0.4) is 0 Å². The second kappa shape index (κ2) is 4.17. The predicted molar refractivity (Wildman–Crippen MR) is 73.3 cm³/mol. The number of carbonyl (C=O) groups excluding carboxylic acids is 1. The van der Waals surface area contributed by atoms with Gasteiger partial charge in [-0.15, -0.1) is 0 Å². The fraction of sp³-hybridized carbons (Fsp3) is 0.400. The van der Waals surface area contributed by atoms with Crippen molar-refractivity contribution < 1.29 is 31.1 Å². The molecular formula is C15H11F3O4S. The highest BCUT2D eigenvalue weighted by Gasteiger charge is 2.76. The Morgan fingerprint density at radius 2 is 1.87 bits per heavy atom. The maximum absolute atomic E-state index is 13.3. The Bertz CT molecular complexity index is 843. The number of esters is 1. The van der Waals surface area contributed by atoms with Gasteiger partial charge in [0.25, 0.3) is 9.84 Å². The number of fused-ring (bicyclic) bond motifs is 7. The van der Waals surface area contributed by atoms with Gasteiger partial charge in [0, 0.05) is 17.4 Å². The number of carbonyl (C=O) groups is 1. The summed E-state index contributed by atoms with van der Waals surface area (Å²) in [6, 6.07) is 6.17. The van der Waals surface area contributed by atoms with E-state index >= 15 is 0 Å². The molecule has 0 aromatic heterocycles. The molecule has 1 aromatic rings. The Balaban J connectivity index is 2.05. The first-order chi connectivity index (χ1) is 10.7. The Hall–Kier alpha value is -1.83. The van der Waals surface area contributed by atoms with Crippen molar-refractivity contribution in [2.24, 2.45) is 11.8 Å². The first kappa shape index (κ1) is 14.7. The zero-order valence-corrected chi connectivity index (χ0v) is 12.4. The third kappa shape index (κ3) is 1.52. The molecule has 0 amide bonds. The molecule has 1 fully saturated rings. The number of sulfone groups is 1. The van der Waals surface area contributed by atoms with Gasteiger partial charge in [0.1, 0.15) is 5.75 Å². The molecule has 0 spiro atoms. The van der Waals surface area contributed by atoms with Crippen molar-refractivity contribution in [3.8, 4) is 5.75 Å². The van der Waals surface area contributed by atoms with E-state index in [1.807, 2.05) is 0 Å². The van der Waals surface area contributed by atoms with Gasteiger partial charge in [0.15, 0.2) is 4.75 Å². The third-order valence-electron chi connectivity index (χ3n) is 5.08. The number of rotatable bonds is 1. The molecule has 3 aliphatic rings. The van der Waals surface area contributed by atoms with Crippen molar-refractivity contribution in [1.29, 1.82) is 0 Å². The van der Waals surface area contributed by atoms with Gasteiger partial charge in [0.05, 0.1) is 0 Å². The Morgan fingerprint density at radius 3 is 2.57 bits per heavy atom. The van der Waals surface area contributed by atoms with Gasteiger partial charge < -0.3 is 4.74 Å². The van der Waals surface area contributed by atoms with Crippen molar-refractivity contribution in [2.75, 3.05) is 0 Å². The van der Waals surface area contributed by atoms with Gasteiger partial charge in [0.2, 0.25) is 0 Å². The summed E-state index contributed by atoms with van der Waals surface area (Å²) in [5.74, 6) is -3.70. The van der Waals surface area contributed by atoms with Crippen LogP contribution in [0.4, 0.5) is 13.2 Å². The molecule has 0 N–H and O–H groups in total. The first-order valence-corrected chi connectivity index (χ1v) is 8.50. The van der Waals surface area contributed by atoms with E-state index in [4.69, 9.17) is 4.74 Å². The molecule has 8 heteroatoms. The van der Waals surface area contributed by atoms with Crippen LogP contribution in [0.2, 0.25) is 0 Å². The molecule has 2 bridgehead atoms. The lowest BCUT2D eigenvalue weighted by atomic mass is 9.76. The lowest BCUT2D eigenvalue weighted by molar-refractivity contribution is -0.141. The smallest absolute Gasteiger partial charge is 0.425 e. The molecule has 4 atom stereocenters. The van der Waals surface area contributed by atoms with Crippen molar-refractivity contribution in [1.82, 2.24) is 0 Å². The van der Waals surface area contributed by atoms with Crippen molar-refractivity contribution in [2.45, 2.75) is 22.6 Å². The van der Waals surface area contributed by atoms with E-state index in [2.05, 4.69) is 0 Å². The lowest BCUT2D eigenvalue weighted by Crippen LogP contribution is -2.61. The molecule has 4 rings (SSSR count). The summed E-state index contributed by atoms with van der Waals surface area (Å²) in [5.41, 5.74) is -5.17. The SMILES string of the molecule is O=C1Oc2ccccc2[C@@H]2[C@@H]3C=C[C@@H](C3)[C@]12S(=O)(=O)C(F)(F)F. The normalized spacial score (nSPS) is 34.9. The van der Waals surface area contributed by atoms with Gasteiger partial charge in [-0.1, -0.05) is 30.4 Å². The number of para-hydroxylation sites is 1. The van der Waals surface area contributed by atoms with Gasteiger partial charge in [-0.2, -0.15) is 13.2 Å². The van der Waals surface area contributed by atoms with Crippen LogP contribution in [0.5, 0.6) is 5.75 Å². The van der Waals surface area contributed by atoms with E-state index < -0.39 is 43.8 Å².